The number of Topliss-reactive ketones (excluding diaryl/α,β-unsaturated/α-hetero) is 1. The molecule has 0 saturated carbocycles. The second-order valence-electron chi connectivity index (χ2n) is 6.16. The Morgan fingerprint density at radius 3 is 2.60 bits per heavy atom. The van der Waals surface area contributed by atoms with E-state index >= 15 is 0 Å². The van der Waals surface area contributed by atoms with E-state index in [1.807, 2.05) is 6.92 Å². The highest BCUT2D eigenvalue weighted by Gasteiger charge is 2.42. The summed E-state index contributed by atoms with van der Waals surface area (Å²) in [6, 6.07) is 4.82. The molecule has 0 atom stereocenters. The first-order chi connectivity index (χ1) is 11.8. The van der Waals surface area contributed by atoms with E-state index in [0.29, 0.717) is 30.2 Å². The van der Waals surface area contributed by atoms with E-state index in [9.17, 15) is 14.4 Å². The Hall–Kier alpha value is -2.41. The van der Waals surface area contributed by atoms with Gasteiger partial charge in [-0.15, -0.1) is 0 Å². The van der Waals surface area contributed by atoms with Crippen LogP contribution in [0.4, 0.5) is 5.69 Å². The Balaban J connectivity index is 2.23. The molecule has 1 aromatic rings. The summed E-state index contributed by atoms with van der Waals surface area (Å²) in [6.45, 7) is 7.24. The number of amides is 1. The maximum Gasteiger partial charge on any atom is 0.326 e. The first-order valence-corrected chi connectivity index (χ1v) is 8.15. The highest BCUT2D eigenvalue weighted by Crippen LogP contribution is 2.38. The number of esters is 1. The third-order valence-electron chi connectivity index (χ3n) is 3.76. The van der Waals surface area contributed by atoms with Gasteiger partial charge >= 0.3 is 5.97 Å². The Labute approximate surface area is 146 Å². The molecule has 1 aliphatic rings. The van der Waals surface area contributed by atoms with Crippen molar-refractivity contribution in [3.05, 3.63) is 23.8 Å². The Morgan fingerprint density at radius 1 is 1.24 bits per heavy atom. The number of rotatable bonds is 7. The van der Waals surface area contributed by atoms with Crippen molar-refractivity contribution in [2.45, 2.75) is 33.3 Å². The molecule has 7 heteroatoms. The summed E-state index contributed by atoms with van der Waals surface area (Å²) >= 11 is 0. The Bertz CT molecular complexity index is 682. The summed E-state index contributed by atoms with van der Waals surface area (Å²) in [5.41, 5.74) is -0.292. The molecule has 0 spiro atoms. The molecular weight excluding hydrogens is 326 g/mol. The molecule has 136 valence electrons. The first kappa shape index (κ1) is 18.9. The molecule has 0 fully saturated rings. The van der Waals surface area contributed by atoms with Crippen molar-refractivity contribution in [1.82, 2.24) is 0 Å². The number of carbonyl (C=O) groups excluding carboxylic acids is 3. The molecule has 2 rings (SSSR count). The van der Waals surface area contributed by atoms with Gasteiger partial charge in [0.2, 0.25) is 0 Å². The predicted octanol–water partition coefficient (Wildman–Crippen LogP) is 1.97. The van der Waals surface area contributed by atoms with Gasteiger partial charge in [-0.1, -0.05) is 0 Å². The third-order valence-corrected chi connectivity index (χ3v) is 3.76. The fourth-order valence-electron chi connectivity index (χ4n) is 2.48. The smallest absolute Gasteiger partial charge is 0.326 e. The lowest BCUT2D eigenvalue weighted by Gasteiger charge is -2.38. The maximum atomic E-state index is 12.7. The summed E-state index contributed by atoms with van der Waals surface area (Å²) in [6.07, 6.45) is 0. The zero-order valence-electron chi connectivity index (χ0n) is 15.0. The molecule has 0 unspecified atom stereocenters. The first-order valence-electron chi connectivity index (χ1n) is 8.15. The van der Waals surface area contributed by atoms with Gasteiger partial charge in [-0.3, -0.25) is 19.3 Å². The van der Waals surface area contributed by atoms with Crippen molar-refractivity contribution in [3.63, 3.8) is 0 Å². The molecule has 0 aliphatic carbocycles. The fourth-order valence-corrected chi connectivity index (χ4v) is 2.48. The molecule has 1 aromatic carbocycles. The minimum Gasteiger partial charge on any atom is -0.476 e. The lowest BCUT2D eigenvalue weighted by molar-refractivity contribution is -0.145. The van der Waals surface area contributed by atoms with Crippen LogP contribution in [0.1, 0.15) is 38.1 Å². The van der Waals surface area contributed by atoms with Crippen LogP contribution in [0, 0.1) is 0 Å². The number of hydrogen-bond acceptors (Lipinski definition) is 6. The minimum atomic E-state index is -1.11. The highest BCUT2D eigenvalue weighted by molar-refractivity contribution is 6.06. The quantitative estimate of drug-likeness (QED) is 0.425. The number of carbonyl (C=O) groups is 3. The highest BCUT2D eigenvalue weighted by atomic mass is 16.6. The normalized spacial score (nSPS) is 15.4. The molecule has 0 radical (unpaired) electrons. The predicted molar refractivity (Wildman–Crippen MR) is 91.0 cm³/mol. The van der Waals surface area contributed by atoms with E-state index in [-0.39, 0.29) is 24.8 Å². The number of hydrogen-bond donors (Lipinski definition) is 0. The van der Waals surface area contributed by atoms with Gasteiger partial charge in [-0.05, 0) is 45.9 Å². The molecule has 1 aliphatic heterocycles. The van der Waals surface area contributed by atoms with Crippen LogP contribution < -0.4 is 9.64 Å². The second kappa shape index (κ2) is 7.65. The van der Waals surface area contributed by atoms with Crippen LogP contribution in [-0.2, 0) is 19.1 Å². The summed E-state index contributed by atoms with van der Waals surface area (Å²) in [5.74, 6) is -0.622. The van der Waals surface area contributed by atoms with Crippen molar-refractivity contribution in [2.24, 2.45) is 0 Å². The third kappa shape index (κ3) is 4.36. The van der Waals surface area contributed by atoms with Gasteiger partial charge in [0.15, 0.2) is 11.4 Å². The molecule has 7 nitrogen and oxygen atoms in total. The lowest BCUT2D eigenvalue weighted by Crippen LogP contribution is -2.54. The fraction of sp³-hybridized carbons (Fsp3) is 0.500. The van der Waals surface area contributed by atoms with Crippen LogP contribution >= 0.6 is 0 Å². The van der Waals surface area contributed by atoms with E-state index in [2.05, 4.69) is 0 Å². The zero-order chi connectivity index (χ0) is 18.6. The summed E-state index contributed by atoms with van der Waals surface area (Å²) < 4.78 is 15.9. The molecular formula is C18H23NO6. The summed E-state index contributed by atoms with van der Waals surface area (Å²) in [7, 11) is 0. The van der Waals surface area contributed by atoms with E-state index in [1.54, 1.807) is 32.0 Å². The summed E-state index contributed by atoms with van der Waals surface area (Å²) in [4.78, 5) is 37.7. The van der Waals surface area contributed by atoms with Crippen LogP contribution in [0.25, 0.3) is 0 Å². The largest absolute Gasteiger partial charge is 0.476 e. The minimum absolute atomic E-state index is 0.120. The molecule has 0 saturated heterocycles. The van der Waals surface area contributed by atoms with Crippen LogP contribution in [0.3, 0.4) is 0 Å². The van der Waals surface area contributed by atoms with Crippen molar-refractivity contribution in [2.75, 3.05) is 31.3 Å². The molecule has 0 aromatic heterocycles. The number of benzene rings is 1. The lowest BCUT2D eigenvalue weighted by atomic mass is 10.0. The van der Waals surface area contributed by atoms with Crippen LogP contribution in [0.15, 0.2) is 18.2 Å². The molecule has 1 amide bonds. The van der Waals surface area contributed by atoms with Gasteiger partial charge in [-0.25, -0.2) is 0 Å². The van der Waals surface area contributed by atoms with Crippen molar-refractivity contribution >= 4 is 23.3 Å². The standard InChI is InChI=1S/C18H23NO6/c1-5-23-8-9-24-16(21)11-19-14-10-13(12(2)20)6-7-15(14)25-18(3,4)17(19)22/h6-7,10H,5,8-9,11H2,1-4H3. The topological polar surface area (TPSA) is 82.1 Å². The van der Waals surface area contributed by atoms with Crippen molar-refractivity contribution in [3.8, 4) is 5.75 Å². The Kier molecular flexibility index (Phi) is 5.79. The van der Waals surface area contributed by atoms with Gasteiger partial charge in [0, 0.05) is 12.2 Å². The summed E-state index contributed by atoms with van der Waals surface area (Å²) in [5, 5.41) is 0. The van der Waals surface area contributed by atoms with E-state index < -0.39 is 11.6 Å². The van der Waals surface area contributed by atoms with Crippen molar-refractivity contribution in [1.29, 1.82) is 0 Å². The van der Waals surface area contributed by atoms with E-state index in [4.69, 9.17) is 14.2 Å². The average molecular weight is 349 g/mol. The zero-order valence-corrected chi connectivity index (χ0v) is 15.0. The number of ketones is 1. The molecule has 0 N–H and O–H groups in total. The van der Waals surface area contributed by atoms with Gasteiger partial charge < -0.3 is 14.2 Å². The van der Waals surface area contributed by atoms with Crippen LogP contribution in [0.5, 0.6) is 5.75 Å². The molecule has 0 bridgehead atoms. The van der Waals surface area contributed by atoms with Crippen LogP contribution in [-0.4, -0.2) is 49.6 Å². The number of nitrogens with zero attached hydrogens (tertiary/aromatic N) is 1. The van der Waals surface area contributed by atoms with Gasteiger partial charge in [0.05, 0.1) is 12.3 Å². The monoisotopic (exact) mass is 349 g/mol. The number of fused-ring (bicyclic) bond motifs is 1. The second-order valence-corrected chi connectivity index (χ2v) is 6.16. The Morgan fingerprint density at radius 2 is 1.96 bits per heavy atom. The maximum absolute atomic E-state index is 12.7. The van der Waals surface area contributed by atoms with Crippen molar-refractivity contribution < 1.29 is 28.6 Å². The SMILES string of the molecule is CCOCCOC(=O)CN1C(=O)C(C)(C)Oc2ccc(C(C)=O)cc21. The number of ether oxygens (including phenoxy) is 3. The van der Waals surface area contributed by atoms with E-state index in [0.717, 1.165) is 0 Å². The number of anilines is 1. The van der Waals surface area contributed by atoms with Gasteiger partial charge in [0.1, 0.15) is 18.9 Å². The van der Waals surface area contributed by atoms with E-state index in [1.165, 1.54) is 11.8 Å². The van der Waals surface area contributed by atoms with Gasteiger partial charge in [0.25, 0.3) is 5.91 Å². The molecule has 25 heavy (non-hydrogen) atoms. The van der Waals surface area contributed by atoms with Crippen LogP contribution in [0.2, 0.25) is 0 Å². The molecule has 1 heterocycles. The average Bonchev–Trinajstić information content (AvgIpc) is 2.55. The van der Waals surface area contributed by atoms with Gasteiger partial charge in [-0.2, -0.15) is 0 Å².